The van der Waals surface area contributed by atoms with Crippen LogP contribution < -0.4 is 0 Å². The average molecular weight is 157 g/mol. The molecular weight excluding hydrogens is 147 g/mol. The van der Waals surface area contributed by atoms with Crippen molar-refractivity contribution in [1.82, 2.24) is 9.97 Å². The van der Waals surface area contributed by atoms with Gasteiger partial charge in [-0.15, -0.1) is 0 Å². The van der Waals surface area contributed by atoms with Crippen LogP contribution in [0, 0.1) is 0 Å². The fourth-order valence-electron chi connectivity index (χ4n) is 1.40. The van der Waals surface area contributed by atoms with Gasteiger partial charge in [-0.3, -0.25) is 0 Å². The Balaban J connectivity index is 2.55. The summed E-state index contributed by atoms with van der Waals surface area (Å²) in [5.41, 5.74) is 2.30. The van der Waals surface area contributed by atoms with Crippen LogP contribution >= 0.6 is 0 Å². The van der Waals surface area contributed by atoms with Crippen LogP contribution in [0.2, 0.25) is 6.82 Å². The van der Waals surface area contributed by atoms with Crippen molar-refractivity contribution in [2.24, 2.45) is 0 Å². The van der Waals surface area contributed by atoms with E-state index in [1.807, 2.05) is 12.3 Å². The molecule has 3 heteroatoms. The second-order valence-electron chi connectivity index (χ2n) is 2.83. The molecule has 0 saturated heterocycles. The highest BCUT2D eigenvalue weighted by Gasteiger charge is 2.01. The Morgan fingerprint density at radius 3 is 3.33 bits per heavy atom. The largest absolute Gasteiger partial charge is 0.346 e. The molecule has 0 aliphatic heterocycles. The third kappa shape index (κ3) is 1.11. The van der Waals surface area contributed by atoms with E-state index < -0.39 is 0 Å². The molecule has 2 aromatic heterocycles. The molecule has 2 heterocycles. The summed E-state index contributed by atoms with van der Waals surface area (Å²) in [4.78, 5) is 7.36. The van der Waals surface area contributed by atoms with Gasteiger partial charge in [-0.2, -0.15) is 0 Å². The summed E-state index contributed by atoms with van der Waals surface area (Å²) >= 11 is 0. The van der Waals surface area contributed by atoms with Crippen LogP contribution in [0.1, 0.15) is 5.56 Å². The Hall–Kier alpha value is -1.25. The number of fused-ring (bicyclic) bond motifs is 1. The highest BCUT2D eigenvalue weighted by atomic mass is 14.8. The zero-order valence-corrected chi connectivity index (χ0v) is 7.04. The monoisotopic (exact) mass is 157 g/mol. The smallest absolute Gasteiger partial charge is 0.137 e. The van der Waals surface area contributed by atoms with Crippen molar-refractivity contribution in [2.45, 2.75) is 13.1 Å². The summed E-state index contributed by atoms with van der Waals surface area (Å²) in [5, 5.41) is 1.23. The van der Waals surface area contributed by atoms with Crippen LogP contribution in [0.5, 0.6) is 0 Å². The predicted octanol–water partition coefficient (Wildman–Crippen LogP) is 1.82. The van der Waals surface area contributed by atoms with Gasteiger partial charge < -0.3 is 4.98 Å². The molecule has 0 unspecified atom stereocenters. The normalized spacial score (nSPS) is 10.4. The van der Waals surface area contributed by atoms with Crippen LogP contribution in [0.15, 0.2) is 24.5 Å². The molecule has 12 heavy (non-hydrogen) atoms. The van der Waals surface area contributed by atoms with E-state index in [-0.39, 0.29) is 0 Å². The van der Waals surface area contributed by atoms with Gasteiger partial charge in [-0.25, -0.2) is 4.98 Å². The van der Waals surface area contributed by atoms with Crippen molar-refractivity contribution in [3.63, 3.8) is 0 Å². The van der Waals surface area contributed by atoms with E-state index >= 15 is 0 Å². The van der Waals surface area contributed by atoms with Crippen LogP contribution in [0.3, 0.4) is 0 Å². The first kappa shape index (κ1) is 7.41. The molecule has 2 rings (SSSR count). The van der Waals surface area contributed by atoms with E-state index in [2.05, 4.69) is 30.1 Å². The standard InChI is InChI=1S/C9H10BN2/c1-10-5-7-6-12-9-8(7)3-2-4-11-9/h2-4,6H,5H2,1H3,(H,11,12). The number of hydrogen-bond acceptors (Lipinski definition) is 1. The molecule has 2 nitrogen and oxygen atoms in total. The third-order valence-corrected chi connectivity index (χ3v) is 1.96. The van der Waals surface area contributed by atoms with E-state index in [0.29, 0.717) is 0 Å². The number of nitrogens with zero attached hydrogens (tertiary/aromatic N) is 1. The van der Waals surface area contributed by atoms with E-state index in [0.717, 1.165) is 12.0 Å². The van der Waals surface area contributed by atoms with Gasteiger partial charge in [-0.05, 0) is 17.7 Å². The number of rotatable bonds is 2. The van der Waals surface area contributed by atoms with Crippen LogP contribution in [0.25, 0.3) is 11.0 Å². The zero-order chi connectivity index (χ0) is 8.39. The van der Waals surface area contributed by atoms with Crippen molar-refractivity contribution in [3.8, 4) is 0 Å². The summed E-state index contributed by atoms with van der Waals surface area (Å²) in [7, 11) is 2.15. The van der Waals surface area contributed by atoms with E-state index in [1.54, 1.807) is 6.20 Å². The van der Waals surface area contributed by atoms with E-state index in [1.165, 1.54) is 10.9 Å². The minimum atomic E-state index is 0.981. The van der Waals surface area contributed by atoms with Crippen molar-refractivity contribution in [1.29, 1.82) is 0 Å². The van der Waals surface area contributed by atoms with Crippen LogP contribution in [0.4, 0.5) is 0 Å². The maximum Gasteiger partial charge on any atom is 0.137 e. The fraction of sp³-hybridized carbons (Fsp3) is 0.222. The van der Waals surface area contributed by atoms with Crippen molar-refractivity contribution < 1.29 is 0 Å². The molecule has 59 valence electrons. The van der Waals surface area contributed by atoms with Gasteiger partial charge in [0.1, 0.15) is 12.9 Å². The number of nitrogens with one attached hydrogen (secondary N) is 1. The lowest BCUT2D eigenvalue weighted by atomic mass is 9.75. The lowest BCUT2D eigenvalue weighted by Gasteiger charge is -1.92. The second kappa shape index (κ2) is 3.01. The van der Waals surface area contributed by atoms with E-state index in [4.69, 9.17) is 0 Å². The molecule has 1 radical (unpaired) electrons. The molecule has 0 aliphatic rings. The summed E-state index contributed by atoms with van der Waals surface area (Å²) in [6.07, 6.45) is 4.83. The molecule has 0 spiro atoms. The van der Waals surface area contributed by atoms with Gasteiger partial charge in [0.15, 0.2) is 0 Å². The Kier molecular flexibility index (Phi) is 1.86. The first-order chi connectivity index (χ1) is 5.92. The Bertz CT molecular complexity index is 381. The molecule has 0 fully saturated rings. The average Bonchev–Trinajstić information content (AvgIpc) is 2.50. The van der Waals surface area contributed by atoms with Gasteiger partial charge in [0.05, 0.1) is 0 Å². The molecule has 0 bridgehead atoms. The van der Waals surface area contributed by atoms with Gasteiger partial charge in [0.2, 0.25) is 0 Å². The predicted molar refractivity (Wildman–Crippen MR) is 51.4 cm³/mol. The van der Waals surface area contributed by atoms with E-state index in [9.17, 15) is 0 Å². The molecule has 1 N–H and O–H groups in total. The van der Waals surface area contributed by atoms with Crippen LogP contribution in [-0.2, 0) is 6.32 Å². The summed E-state index contributed by atoms with van der Waals surface area (Å²) in [6.45, 7) is 2.06. The highest BCUT2D eigenvalue weighted by molar-refractivity contribution is 6.33. The number of aromatic amines is 1. The topological polar surface area (TPSA) is 28.7 Å². The first-order valence-electron chi connectivity index (χ1n) is 4.10. The van der Waals surface area contributed by atoms with Gasteiger partial charge in [0, 0.05) is 17.8 Å². The second-order valence-corrected chi connectivity index (χ2v) is 2.83. The molecular formula is C9H10BN2. The van der Waals surface area contributed by atoms with Crippen molar-refractivity contribution in [3.05, 3.63) is 30.1 Å². The number of aromatic nitrogens is 2. The van der Waals surface area contributed by atoms with Gasteiger partial charge in [0.25, 0.3) is 0 Å². The Morgan fingerprint density at radius 2 is 2.50 bits per heavy atom. The van der Waals surface area contributed by atoms with Crippen molar-refractivity contribution in [2.75, 3.05) is 0 Å². The quantitative estimate of drug-likeness (QED) is 0.661. The first-order valence-corrected chi connectivity index (χ1v) is 4.10. The SMILES string of the molecule is C[B]Cc1c[nH]c2ncccc12. The minimum Gasteiger partial charge on any atom is -0.346 e. The lowest BCUT2D eigenvalue weighted by molar-refractivity contribution is 1.32. The number of H-pyrrole nitrogens is 1. The minimum absolute atomic E-state index is 0.981. The third-order valence-electron chi connectivity index (χ3n) is 1.96. The number of pyridine rings is 1. The number of hydrogen-bond donors (Lipinski definition) is 1. The van der Waals surface area contributed by atoms with Crippen LogP contribution in [-0.4, -0.2) is 17.2 Å². The Morgan fingerprint density at radius 1 is 1.58 bits per heavy atom. The lowest BCUT2D eigenvalue weighted by Crippen LogP contribution is -1.88. The summed E-state index contributed by atoms with van der Waals surface area (Å²) in [6, 6.07) is 4.06. The molecule has 0 aromatic carbocycles. The molecule has 0 amide bonds. The van der Waals surface area contributed by atoms with Gasteiger partial charge >= 0.3 is 0 Å². The fourth-order valence-corrected chi connectivity index (χ4v) is 1.40. The van der Waals surface area contributed by atoms with Gasteiger partial charge in [-0.1, -0.05) is 13.1 Å². The zero-order valence-electron chi connectivity index (χ0n) is 7.04. The maximum atomic E-state index is 4.21. The molecule has 0 atom stereocenters. The summed E-state index contributed by atoms with van der Waals surface area (Å²) in [5.74, 6) is 0. The Labute approximate surface area is 72.3 Å². The molecule has 2 aromatic rings. The maximum absolute atomic E-state index is 4.21. The molecule has 0 aliphatic carbocycles. The van der Waals surface area contributed by atoms with Crippen molar-refractivity contribution >= 4 is 18.3 Å². The molecule has 0 saturated carbocycles. The highest BCUT2D eigenvalue weighted by Crippen LogP contribution is 2.15. The summed E-state index contributed by atoms with van der Waals surface area (Å²) < 4.78 is 0.